The molecule has 1 N–H and O–H groups in total. The lowest BCUT2D eigenvalue weighted by molar-refractivity contribution is -0.119. The number of amides is 2. The Morgan fingerprint density at radius 3 is 2.90 bits per heavy atom. The highest BCUT2D eigenvalue weighted by atomic mass is 16.6. The summed E-state index contributed by atoms with van der Waals surface area (Å²) >= 11 is 0. The molecule has 2 amide bonds. The van der Waals surface area contributed by atoms with Crippen molar-refractivity contribution in [2.24, 2.45) is 0 Å². The molecule has 0 saturated carbocycles. The Balaban J connectivity index is 1.55. The zero-order valence-corrected chi connectivity index (χ0v) is 16.1. The number of carbonyl (C=O) groups is 3. The van der Waals surface area contributed by atoms with E-state index in [2.05, 4.69) is 5.32 Å². The monoisotopic (exact) mass is 394 g/mol. The maximum absolute atomic E-state index is 13.0. The Bertz CT molecular complexity index is 977. The summed E-state index contributed by atoms with van der Waals surface area (Å²) in [4.78, 5) is 37.9. The molecule has 1 unspecified atom stereocenters. The van der Waals surface area contributed by atoms with Crippen LogP contribution in [0.25, 0.3) is 6.08 Å². The molecule has 1 aromatic carbocycles. The number of benzene rings is 1. The maximum atomic E-state index is 13.0. The standard InChI is InChI=1S/C22H22N2O5/c1-14(25)23-11-19-12-24(22(27)29-19)18-5-6-20-16(10-18)3-2-4-17(21(20)26)9-15-7-8-28-13-15/h5-10,13,19H,2-4,11-12H2,1H3,(H,23,25). The molecule has 1 saturated heterocycles. The van der Waals surface area contributed by atoms with Gasteiger partial charge in [-0.1, -0.05) is 0 Å². The van der Waals surface area contributed by atoms with E-state index in [0.717, 1.165) is 29.5 Å². The zero-order chi connectivity index (χ0) is 20.4. The molecule has 1 aliphatic heterocycles. The lowest BCUT2D eigenvalue weighted by atomic mass is 9.98. The molecule has 29 heavy (non-hydrogen) atoms. The molecule has 1 atom stereocenters. The van der Waals surface area contributed by atoms with Crippen LogP contribution in [-0.2, 0) is 16.0 Å². The van der Waals surface area contributed by atoms with Crippen molar-refractivity contribution >= 4 is 29.5 Å². The summed E-state index contributed by atoms with van der Waals surface area (Å²) in [5.74, 6) is -0.153. The SMILES string of the molecule is CC(=O)NCC1CN(c2ccc3c(c2)CCCC(=Cc2ccoc2)C3=O)C(=O)O1. The molecule has 7 nitrogen and oxygen atoms in total. The number of ketones is 1. The fourth-order valence-electron chi connectivity index (χ4n) is 3.72. The number of aryl methyl sites for hydroxylation is 1. The minimum absolute atomic E-state index is 0.0118. The molecule has 1 fully saturated rings. The predicted octanol–water partition coefficient (Wildman–Crippen LogP) is 3.34. The average molecular weight is 394 g/mol. The number of ether oxygens (including phenoxy) is 1. The van der Waals surface area contributed by atoms with Crippen LogP contribution in [0.1, 0.15) is 41.3 Å². The molecule has 0 bridgehead atoms. The smallest absolute Gasteiger partial charge is 0.414 e. The van der Waals surface area contributed by atoms with Gasteiger partial charge in [-0.3, -0.25) is 14.5 Å². The molecule has 4 rings (SSSR count). The zero-order valence-electron chi connectivity index (χ0n) is 16.1. The van der Waals surface area contributed by atoms with E-state index in [-0.39, 0.29) is 18.2 Å². The van der Waals surface area contributed by atoms with Gasteiger partial charge in [-0.25, -0.2) is 4.79 Å². The lowest BCUT2D eigenvalue weighted by Crippen LogP contribution is -2.33. The van der Waals surface area contributed by atoms with Gasteiger partial charge in [0.15, 0.2) is 5.78 Å². The molecule has 2 aliphatic rings. The van der Waals surface area contributed by atoms with Crippen LogP contribution in [0, 0.1) is 0 Å². The number of nitrogens with zero attached hydrogens (tertiary/aromatic N) is 1. The second kappa shape index (κ2) is 7.95. The largest absolute Gasteiger partial charge is 0.472 e. The Labute approximate surface area is 168 Å². The number of rotatable bonds is 4. The van der Waals surface area contributed by atoms with Gasteiger partial charge in [0.05, 0.1) is 25.6 Å². The second-order valence-electron chi connectivity index (χ2n) is 7.30. The highest BCUT2D eigenvalue weighted by molar-refractivity contribution is 6.12. The third-order valence-corrected chi connectivity index (χ3v) is 5.17. The first-order valence-electron chi connectivity index (χ1n) is 9.64. The average Bonchev–Trinajstić information content (AvgIpc) is 3.31. The minimum Gasteiger partial charge on any atom is -0.472 e. The predicted molar refractivity (Wildman–Crippen MR) is 107 cm³/mol. The van der Waals surface area contributed by atoms with Crippen molar-refractivity contribution < 1.29 is 23.5 Å². The van der Waals surface area contributed by atoms with Gasteiger partial charge >= 0.3 is 6.09 Å². The van der Waals surface area contributed by atoms with Crippen LogP contribution in [0.15, 0.2) is 46.8 Å². The number of allylic oxidation sites excluding steroid dienone is 1. The van der Waals surface area contributed by atoms with Crippen LogP contribution in [0.2, 0.25) is 0 Å². The number of anilines is 1. The molecule has 7 heteroatoms. The lowest BCUT2D eigenvalue weighted by Gasteiger charge is -2.15. The first-order valence-corrected chi connectivity index (χ1v) is 9.64. The molecule has 150 valence electrons. The first kappa shape index (κ1) is 19.0. The van der Waals surface area contributed by atoms with E-state index in [9.17, 15) is 14.4 Å². The fraction of sp³-hybridized carbons (Fsp3) is 0.318. The number of carbonyl (C=O) groups excluding carboxylic acids is 3. The van der Waals surface area contributed by atoms with Crippen molar-refractivity contribution in [1.82, 2.24) is 5.32 Å². The molecule has 1 aromatic heterocycles. The number of Topliss-reactive ketones (excluding diaryl/α,β-unsaturated/α-hetero) is 1. The van der Waals surface area contributed by atoms with Crippen LogP contribution in [0.4, 0.5) is 10.5 Å². The summed E-state index contributed by atoms with van der Waals surface area (Å²) in [5, 5.41) is 2.67. The summed E-state index contributed by atoms with van der Waals surface area (Å²) in [7, 11) is 0. The van der Waals surface area contributed by atoms with Crippen molar-refractivity contribution in [2.75, 3.05) is 18.0 Å². The number of hydrogen-bond acceptors (Lipinski definition) is 5. The van der Waals surface area contributed by atoms with Crippen LogP contribution < -0.4 is 10.2 Å². The number of nitrogens with one attached hydrogen (secondary N) is 1. The number of hydrogen-bond donors (Lipinski definition) is 1. The summed E-state index contributed by atoms with van der Waals surface area (Å²) < 4.78 is 10.4. The third-order valence-electron chi connectivity index (χ3n) is 5.17. The number of cyclic esters (lactones) is 1. The van der Waals surface area contributed by atoms with Crippen LogP contribution >= 0.6 is 0 Å². The van der Waals surface area contributed by atoms with Gasteiger partial charge in [0.2, 0.25) is 5.91 Å². The molecule has 2 heterocycles. The molecule has 2 aromatic rings. The highest BCUT2D eigenvalue weighted by Gasteiger charge is 2.33. The van der Waals surface area contributed by atoms with E-state index in [4.69, 9.17) is 9.15 Å². The van der Waals surface area contributed by atoms with Gasteiger partial charge in [0.1, 0.15) is 6.10 Å². The van der Waals surface area contributed by atoms with Gasteiger partial charge in [-0.05, 0) is 55.2 Å². The Morgan fingerprint density at radius 1 is 1.28 bits per heavy atom. The van der Waals surface area contributed by atoms with Gasteiger partial charge in [0, 0.05) is 29.3 Å². The molecular weight excluding hydrogens is 372 g/mol. The second-order valence-corrected chi connectivity index (χ2v) is 7.30. The maximum Gasteiger partial charge on any atom is 0.414 e. The Hall–Kier alpha value is -3.35. The first-order chi connectivity index (χ1) is 14.0. The topological polar surface area (TPSA) is 88.9 Å². The van der Waals surface area contributed by atoms with Gasteiger partial charge in [0.25, 0.3) is 0 Å². The van der Waals surface area contributed by atoms with Crippen LogP contribution in [0.5, 0.6) is 0 Å². The summed E-state index contributed by atoms with van der Waals surface area (Å²) in [5.41, 5.74) is 3.94. The van der Waals surface area contributed by atoms with E-state index in [1.54, 1.807) is 29.6 Å². The van der Waals surface area contributed by atoms with Crippen molar-refractivity contribution in [3.8, 4) is 0 Å². The quantitative estimate of drug-likeness (QED) is 0.635. The third kappa shape index (κ3) is 4.08. The van der Waals surface area contributed by atoms with Crippen molar-refractivity contribution in [3.05, 3.63) is 59.1 Å². The normalized spacial score (nSPS) is 20.4. The Morgan fingerprint density at radius 2 is 2.14 bits per heavy atom. The van der Waals surface area contributed by atoms with Crippen LogP contribution in [-0.4, -0.2) is 37.0 Å². The fourth-order valence-corrected chi connectivity index (χ4v) is 3.72. The molecule has 0 radical (unpaired) electrons. The molecule has 0 spiro atoms. The van der Waals surface area contributed by atoms with E-state index in [1.165, 1.54) is 6.92 Å². The van der Waals surface area contributed by atoms with E-state index < -0.39 is 12.2 Å². The summed E-state index contributed by atoms with van der Waals surface area (Å²) in [6, 6.07) is 7.29. The number of fused-ring (bicyclic) bond motifs is 1. The highest BCUT2D eigenvalue weighted by Crippen LogP contribution is 2.30. The van der Waals surface area contributed by atoms with Gasteiger partial charge in [-0.2, -0.15) is 0 Å². The van der Waals surface area contributed by atoms with E-state index in [1.807, 2.05) is 18.2 Å². The number of furan rings is 1. The van der Waals surface area contributed by atoms with Gasteiger partial charge < -0.3 is 14.5 Å². The van der Waals surface area contributed by atoms with Crippen molar-refractivity contribution in [3.63, 3.8) is 0 Å². The Kier molecular flexibility index (Phi) is 5.20. The summed E-state index contributed by atoms with van der Waals surface area (Å²) in [6.45, 7) is 2.06. The van der Waals surface area contributed by atoms with E-state index in [0.29, 0.717) is 24.2 Å². The minimum atomic E-state index is -0.444. The van der Waals surface area contributed by atoms with E-state index >= 15 is 0 Å². The summed E-state index contributed by atoms with van der Waals surface area (Å²) in [6.07, 6.45) is 6.54. The van der Waals surface area contributed by atoms with Crippen LogP contribution in [0.3, 0.4) is 0 Å². The van der Waals surface area contributed by atoms with Gasteiger partial charge in [-0.15, -0.1) is 0 Å². The molecule has 1 aliphatic carbocycles. The molecular formula is C22H22N2O5. The van der Waals surface area contributed by atoms with Crippen molar-refractivity contribution in [1.29, 1.82) is 0 Å². The van der Waals surface area contributed by atoms with Crippen molar-refractivity contribution in [2.45, 2.75) is 32.3 Å².